The lowest BCUT2D eigenvalue weighted by Gasteiger charge is -2.14. The fourth-order valence-electron chi connectivity index (χ4n) is 1.73. The zero-order valence-corrected chi connectivity index (χ0v) is 11.5. The van der Waals surface area contributed by atoms with E-state index in [4.69, 9.17) is 5.73 Å². The number of rotatable bonds is 3. The standard InChI is InChI=1S/C13H14BrNS/c1-9-3-2-4-11(13(9)14)12(15)7-10-5-6-16-8-10/h2-6,8,12H,7,15H2,1H3. The molecule has 1 atom stereocenters. The highest BCUT2D eigenvalue weighted by molar-refractivity contribution is 9.10. The molecule has 1 nitrogen and oxygen atoms in total. The first kappa shape index (κ1) is 11.8. The van der Waals surface area contributed by atoms with Crippen molar-refractivity contribution >= 4 is 27.3 Å². The fourth-order valence-corrected chi connectivity index (χ4v) is 2.97. The van der Waals surface area contributed by atoms with Crippen LogP contribution in [0, 0.1) is 6.92 Å². The fraction of sp³-hybridized carbons (Fsp3) is 0.231. The lowest BCUT2D eigenvalue weighted by atomic mass is 10.00. The van der Waals surface area contributed by atoms with Gasteiger partial charge < -0.3 is 5.73 Å². The second-order valence-electron chi connectivity index (χ2n) is 3.92. The molecule has 84 valence electrons. The monoisotopic (exact) mass is 295 g/mol. The van der Waals surface area contributed by atoms with Crippen LogP contribution in [0.2, 0.25) is 0 Å². The van der Waals surface area contributed by atoms with Gasteiger partial charge in [0.2, 0.25) is 0 Å². The molecule has 0 spiro atoms. The molecular weight excluding hydrogens is 282 g/mol. The van der Waals surface area contributed by atoms with Crippen molar-refractivity contribution in [3.8, 4) is 0 Å². The van der Waals surface area contributed by atoms with Gasteiger partial charge in [0.05, 0.1) is 0 Å². The lowest BCUT2D eigenvalue weighted by molar-refractivity contribution is 0.719. The summed E-state index contributed by atoms with van der Waals surface area (Å²) in [4.78, 5) is 0. The number of benzene rings is 1. The second kappa shape index (κ2) is 5.13. The number of thiophene rings is 1. The van der Waals surface area contributed by atoms with Gasteiger partial charge in [0.15, 0.2) is 0 Å². The predicted molar refractivity (Wildman–Crippen MR) is 73.8 cm³/mol. The molecule has 0 amide bonds. The summed E-state index contributed by atoms with van der Waals surface area (Å²) in [5.41, 5.74) is 9.96. The van der Waals surface area contributed by atoms with Gasteiger partial charge in [-0.3, -0.25) is 0 Å². The summed E-state index contributed by atoms with van der Waals surface area (Å²) in [6.07, 6.45) is 0.894. The van der Waals surface area contributed by atoms with E-state index < -0.39 is 0 Å². The third-order valence-electron chi connectivity index (χ3n) is 2.66. The molecule has 0 radical (unpaired) electrons. The maximum Gasteiger partial charge on any atom is 0.0347 e. The van der Waals surface area contributed by atoms with Gasteiger partial charge in [-0.1, -0.05) is 34.1 Å². The maximum atomic E-state index is 6.23. The summed E-state index contributed by atoms with van der Waals surface area (Å²) in [5.74, 6) is 0. The summed E-state index contributed by atoms with van der Waals surface area (Å²) < 4.78 is 1.14. The third-order valence-corrected chi connectivity index (χ3v) is 4.47. The Kier molecular flexibility index (Phi) is 3.79. The van der Waals surface area contributed by atoms with Gasteiger partial charge in [0.1, 0.15) is 0 Å². The first-order chi connectivity index (χ1) is 7.68. The summed E-state index contributed by atoms with van der Waals surface area (Å²) in [6, 6.07) is 8.43. The zero-order chi connectivity index (χ0) is 11.5. The van der Waals surface area contributed by atoms with Crippen LogP contribution < -0.4 is 5.73 Å². The largest absolute Gasteiger partial charge is 0.324 e. The smallest absolute Gasteiger partial charge is 0.0347 e. The van der Waals surface area contributed by atoms with Crippen LogP contribution in [0.1, 0.15) is 22.7 Å². The first-order valence-electron chi connectivity index (χ1n) is 5.20. The molecule has 16 heavy (non-hydrogen) atoms. The molecule has 1 aromatic heterocycles. The summed E-state index contributed by atoms with van der Waals surface area (Å²) >= 11 is 5.32. The molecule has 3 heteroatoms. The van der Waals surface area contributed by atoms with Crippen LogP contribution in [0.15, 0.2) is 39.5 Å². The van der Waals surface area contributed by atoms with E-state index in [2.05, 4.69) is 57.9 Å². The van der Waals surface area contributed by atoms with E-state index in [1.54, 1.807) is 11.3 Å². The number of hydrogen-bond donors (Lipinski definition) is 1. The SMILES string of the molecule is Cc1cccc(C(N)Cc2ccsc2)c1Br. The molecular formula is C13H14BrNS. The molecule has 0 fully saturated rings. The molecule has 2 aromatic rings. The van der Waals surface area contributed by atoms with Crippen LogP contribution in [0.5, 0.6) is 0 Å². The number of halogens is 1. The van der Waals surface area contributed by atoms with E-state index in [1.165, 1.54) is 16.7 Å². The third kappa shape index (κ3) is 2.54. The van der Waals surface area contributed by atoms with Crippen LogP contribution in [-0.2, 0) is 6.42 Å². The van der Waals surface area contributed by atoms with Gasteiger partial charge in [0.25, 0.3) is 0 Å². The molecule has 0 aliphatic carbocycles. The molecule has 0 bridgehead atoms. The van der Waals surface area contributed by atoms with E-state index in [0.717, 1.165) is 10.9 Å². The van der Waals surface area contributed by atoms with Crippen molar-refractivity contribution in [2.24, 2.45) is 5.73 Å². The van der Waals surface area contributed by atoms with Gasteiger partial charge in [0, 0.05) is 10.5 Å². The molecule has 0 aliphatic rings. The van der Waals surface area contributed by atoms with Crippen molar-refractivity contribution in [2.75, 3.05) is 0 Å². The molecule has 2 N–H and O–H groups in total. The van der Waals surface area contributed by atoms with E-state index in [-0.39, 0.29) is 6.04 Å². The molecule has 1 aromatic carbocycles. The van der Waals surface area contributed by atoms with Gasteiger partial charge >= 0.3 is 0 Å². The second-order valence-corrected chi connectivity index (χ2v) is 5.49. The molecule has 0 saturated carbocycles. The zero-order valence-electron chi connectivity index (χ0n) is 9.11. The van der Waals surface area contributed by atoms with E-state index >= 15 is 0 Å². The average molecular weight is 296 g/mol. The van der Waals surface area contributed by atoms with Crippen molar-refractivity contribution in [1.29, 1.82) is 0 Å². The van der Waals surface area contributed by atoms with Crippen molar-refractivity contribution in [3.63, 3.8) is 0 Å². The van der Waals surface area contributed by atoms with Crippen molar-refractivity contribution in [2.45, 2.75) is 19.4 Å². The predicted octanol–water partition coefficient (Wildman–Crippen LogP) is 4.06. The molecule has 1 heterocycles. The van der Waals surface area contributed by atoms with Gasteiger partial charge in [-0.05, 0) is 46.9 Å². The highest BCUT2D eigenvalue weighted by atomic mass is 79.9. The summed E-state index contributed by atoms with van der Waals surface area (Å²) in [7, 11) is 0. The molecule has 0 saturated heterocycles. The number of aryl methyl sites for hydroxylation is 1. The van der Waals surface area contributed by atoms with E-state index in [0.29, 0.717) is 0 Å². The summed E-state index contributed by atoms with van der Waals surface area (Å²) in [5, 5.41) is 4.25. The van der Waals surface area contributed by atoms with Crippen LogP contribution in [0.3, 0.4) is 0 Å². The van der Waals surface area contributed by atoms with E-state index in [9.17, 15) is 0 Å². The normalized spacial score (nSPS) is 12.7. The van der Waals surface area contributed by atoms with Crippen molar-refractivity contribution in [3.05, 3.63) is 56.2 Å². The molecule has 1 unspecified atom stereocenters. The topological polar surface area (TPSA) is 26.0 Å². The molecule has 0 aliphatic heterocycles. The summed E-state index contributed by atoms with van der Waals surface area (Å²) in [6.45, 7) is 2.09. The first-order valence-corrected chi connectivity index (χ1v) is 6.93. The van der Waals surface area contributed by atoms with Crippen molar-refractivity contribution in [1.82, 2.24) is 0 Å². The highest BCUT2D eigenvalue weighted by Gasteiger charge is 2.11. The Bertz CT molecular complexity index is 465. The van der Waals surface area contributed by atoms with Crippen LogP contribution in [-0.4, -0.2) is 0 Å². The molecule has 2 rings (SSSR count). The minimum atomic E-state index is 0.0591. The Morgan fingerprint density at radius 2 is 2.19 bits per heavy atom. The van der Waals surface area contributed by atoms with Gasteiger partial charge in [-0.25, -0.2) is 0 Å². The minimum absolute atomic E-state index is 0.0591. The highest BCUT2D eigenvalue weighted by Crippen LogP contribution is 2.27. The van der Waals surface area contributed by atoms with Crippen LogP contribution in [0.4, 0.5) is 0 Å². The number of nitrogens with two attached hydrogens (primary N) is 1. The van der Waals surface area contributed by atoms with Crippen LogP contribution >= 0.6 is 27.3 Å². The maximum absolute atomic E-state index is 6.23. The average Bonchev–Trinajstić information content (AvgIpc) is 2.74. The Hall–Kier alpha value is -0.640. The Balaban J connectivity index is 2.21. The van der Waals surface area contributed by atoms with Gasteiger partial charge in [-0.15, -0.1) is 0 Å². The van der Waals surface area contributed by atoms with Crippen molar-refractivity contribution < 1.29 is 0 Å². The van der Waals surface area contributed by atoms with E-state index in [1.807, 2.05) is 0 Å². The Labute approximate surface area is 108 Å². The number of hydrogen-bond acceptors (Lipinski definition) is 2. The quantitative estimate of drug-likeness (QED) is 0.908. The van der Waals surface area contributed by atoms with Crippen LogP contribution in [0.25, 0.3) is 0 Å². The van der Waals surface area contributed by atoms with Gasteiger partial charge in [-0.2, -0.15) is 11.3 Å². The Morgan fingerprint density at radius 1 is 1.38 bits per heavy atom. The lowest BCUT2D eigenvalue weighted by Crippen LogP contribution is -2.13. The minimum Gasteiger partial charge on any atom is -0.324 e. The Morgan fingerprint density at radius 3 is 2.88 bits per heavy atom.